The number of nitrogens with zero attached hydrogens (tertiary/aromatic N) is 2. The van der Waals surface area contributed by atoms with E-state index in [4.69, 9.17) is 23.8 Å². The molecule has 0 amide bonds. The van der Waals surface area contributed by atoms with E-state index in [9.17, 15) is 0 Å². The van der Waals surface area contributed by atoms with E-state index < -0.39 is 0 Å². The van der Waals surface area contributed by atoms with E-state index >= 15 is 0 Å². The summed E-state index contributed by atoms with van der Waals surface area (Å²) in [5.41, 5.74) is 1.99. The maximum Gasteiger partial charge on any atom is 0.195 e. The number of hydrogen-bond donors (Lipinski definition) is 1. The van der Waals surface area contributed by atoms with E-state index in [-0.39, 0.29) is 0 Å². The predicted octanol–water partition coefficient (Wildman–Crippen LogP) is 5.07. The van der Waals surface area contributed by atoms with Crippen LogP contribution in [0.1, 0.15) is 5.56 Å². The lowest BCUT2D eigenvalue weighted by atomic mass is 10.2. The van der Waals surface area contributed by atoms with Gasteiger partial charge in [0.05, 0.1) is 11.6 Å². The van der Waals surface area contributed by atoms with Gasteiger partial charge in [0.1, 0.15) is 0 Å². The van der Waals surface area contributed by atoms with Crippen LogP contribution in [0.3, 0.4) is 0 Å². The molecule has 0 fully saturated rings. The fraction of sp³-hybridized carbons (Fsp3) is 0.0667. The standard InChI is InChI=1S/C15H11BrClN3S/c16-12-7-3-1-5-10(12)9-20-14(18-19-15(20)21)11-6-2-4-8-13(11)17/h1-8H,9H2,(H,19,21). The van der Waals surface area contributed by atoms with Gasteiger partial charge in [0.15, 0.2) is 10.6 Å². The molecule has 0 unspecified atom stereocenters. The number of nitrogens with one attached hydrogen (secondary N) is 1. The molecule has 1 N–H and O–H groups in total. The summed E-state index contributed by atoms with van der Waals surface area (Å²) in [6.45, 7) is 0.622. The van der Waals surface area contributed by atoms with E-state index in [1.165, 1.54) is 0 Å². The van der Waals surface area contributed by atoms with Crippen molar-refractivity contribution in [3.8, 4) is 11.4 Å². The number of rotatable bonds is 3. The fourth-order valence-corrected chi connectivity index (χ4v) is 2.94. The van der Waals surface area contributed by atoms with Gasteiger partial charge in [0.25, 0.3) is 0 Å². The lowest BCUT2D eigenvalue weighted by Gasteiger charge is -2.09. The van der Waals surface area contributed by atoms with E-state index in [2.05, 4.69) is 32.2 Å². The Morgan fingerprint density at radius 3 is 2.62 bits per heavy atom. The molecule has 106 valence electrons. The van der Waals surface area contributed by atoms with Crippen molar-refractivity contribution in [1.82, 2.24) is 14.8 Å². The van der Waals surface area contributed by atoms with Gasteiger partial charge in [-0.2, -0.15) is 5.10 Å². The van der Waals surface area contributed by atoms with E-state index in [1.54, 1.807) is 0 Å². The summed E-state index contributed by atoms with van der Waals surface area (Å²) in [7, 11) is 0. The van der Waals surface area contributed by atoms with Gasteiger partial charge < -0.3 is 0 Å². The van der Waals surface area contributed by atoms with Gasteiger partial charge in [-0.25, -0.2) is 0 Å². The Kier molecular flexibility index (Phi) is 4.24. The summed E-state index contributed by atoms with van der Waals surface area (Å²) in [6.07, 6.45) is 0. The summed E-state index contributed by atoms with van der Waals surface area (Å²) in [6, 6.07) is 15.6. The van der Waals surface area contributed by atoms with Crippen LogP contribution in [0, 0.1) is 4.77 Å². The average molecular weight is 381 g/mol. The van der Waals surface area contributed by atoms with Crippen molar-refractivity contribution >= 4 is 39.7 Å². The zero-order valence-corrected chi connectivity index (χ0v) is 14.0. The molecule has 1 heterocycles. The zero-order chi connectivity index (χ0) is 14.8. The van der Waals surface area contributed by atoms with Crippen molar-refractivity contribution in [3.63, 3.8) is 0 Å². The van der Waals surface area contributed by atoms with E-state index in [0.29, 0.717) is 16.3 Å². The molecule has 0 spiro atoms. The highest BCUT2D eigenvalue weighted by atomic mass is 79.9. The highest BCUT2D eigenvalue weighted by Crippen LogP contribution is 2.27. The molecule has 0 aliphatic heterocycles. The van der Waals surface area contributed by atoms with Crippen LogP contribution < -0.4 is 0 Å². The van der Waals surface area contributed by atoms with Gasteiger partial charge in [0.2, 0.25) is 0 Å². The van der Waals surface area contributed by atoms with Gasteiger partial charge in [-0.1, -0.05) is 57.9 Å². The second-order valence-corrected chi connectivity index (χ2v) is 6.16. The topological polar surface area (TPSA) is 33.6 Å². The maximum atomic E-state index is 6.26. The van der Waals surface area contributed by atoms with Crippen molar-refractivity contribution in [1.29, 1.82) is 0 Å². The number of hydrogen-bond acceptors (Lipinski definition) is 2. The summed E-state index contributed by atoms with van der Waals surface area (Å²) >= 11 is 15.2. The van der Waals surface area contributed by atoms with Crippen molar-refractivity contribution in [2.75, 3.05) is 0 Å². The number of aromatic amines is 1. The van der Waals surface area contributed by atoms with Gasteiger partial charge in [-0.05, 0) is 36.0 Å². The molecule has 6 heteroatoms. The Hall–Kier alpha value is -1.43. The van der Waals surface area contributed by atoms with Crippen LogP contribution in [-0.4, -0.2) is 14.8 Å². The first-order valence-electron chi connectivity index (χ1n) is 6.30. The first-order valence-corrected chi connectivity index (χ1v) is 7.88. The van der Waals surface area contributed by atoms with Crippen LogP contribution in [0.15, 0.2) is 53.0 Å². The lowest BCUT2D eigenvalue weighted by Crippen LogP contribution is -2.03. The normalized spacial score (nSPS) is 10.8. The van der Waals surface area contributed by atoms with Crippen LogP contribution in [-0.2, 0) is 6.54 Å². The van der Waals surface area contributed by atoms with E-state index in [1.807, 2.05) is 47.0 Å². The van der Waals surface area contributed by atoms with Gasteiger partial charge >= 0.3 is 0 Å². The Morgan fingerprint density at radius 1 is 1.14 bits per heavy atom. The Balaban J connectivity index is 2.09. The molecular weight excluding hydrogens is 370 g/mol. The Labute approximate surface area is 140 Å². The molecule has 0 saturated carbocycles. The molecular formula is C15H11BrClN3S. The Morgan fingerprint density at radius 2 is 1.86 bits per heavy atom. The number of aromatic nitrogens is 3. The minimum absolute atomic E-state index is 0.570. The maximum absolute atomic E-state index is 6.26. The van der Waals surface area contributed by atoms with Crippen LogP contribution in [0.2, 0.25) is 5.02 Å². The van der Waals surface area contributed by atoms with Crippen LogP contribution >= 0.6 is 39.7 Å². The molecule has 0 saturated heterocycles. The third-order valence-electron chi connectivity index (χ3n) is 3.16. The van der Waals surface area contributed by atoms with Crippen molar-refractivity contribution in [2.45, 2.75) is 6.54 Å². The van der Waals surface area contributed by atoms with Gasteiger partial charge in [-0.3, -0.25) is 9.67 Å². The minimum Gasteiger partial charge on any atom is -0.296 e. The number of H-pyrrole nitrogens is 1. The third kappa shape index (κ3) is 2.95. The molecule has 0 aliphatic carbocycles. The first kappa shape index (κ1) is 14.5. The van der Waals surface area contributed by atoms with Crippen molar-refractivity contribution < 1.29 is 0 Å². The largest absolute Gasteiger partial charge is 0.296 e. The summed E-state index contributed by atoms with van der Waals surface area (Å²) in [5.74, 6) is 0.737. The zero-order valence-electron chi connectivity index (χ0n) is 10.9. The summed E-state index contributed by atoms with van der Waals surface area (Å²) in [4.78, 5) is 0. The minimum atomic E-state index is 0.570. The summed E-state index contributed by atoms with van der Waals surface area (Å²) in [5, 5.41) is 7.82. The van der Waals surface area contributed by atoms with E-state index in [0.717, 1.165) is 21.4 Å². The van der Waals surface area contributed by atoms with Gasteiger partial charge in [0, 0.05) is 10.0 Å². The monoisotopic (exact) mass is 379 g/mol. The lowest BCUT2D eigenvalue weighted by molar-refractivity contribution is 0.787. The average Bonchev–Trinajstić information content (AvgIpc) is 2.83. The molecule has 3 rings (SSSR count). The van der Waals surface area contributed by atoms with Crippen LogP contribution in [0.4, 0.5) is 0 Å². The highest BCUT2D eigenvalue weighted by molar-refractivity contribution is 9.10. The fourth-order valence-electron chi connectivity index (χ4n) is 2.11. The van der Waals surface area contributed by atoms with Crippen molar-refractivity contribution in [3.05, 3.63) is 68.4 Å². The number of benzene rings is 2. The number of halogens is 2. The smallest absolute Gasteiger partial charge is 0.195 e. The molecule has 0 bridgehead atoms. The predicted molar refractivity (Wildman–Crippen MR) is 91.1 cm³/mol. The SMILES string of the molecule is S=c1[nH]nc(-c2ccccc2Cl)n1Cc1ccccc1Br. The molecule has 21 heavy (non-hydrogen) atoms. The second kappa shape index (κ2) is 6.13. The first-order chi connectivity index (χ1) is 10.2. The molecule has 0 atom stereocenters. The molecule has 3 nitrogen and oxygen atoms in total. The van der Waals surface area contributed by atoms with Crippen molar-refractivity contribution in [2.24, 2.45) is 0 Å². The van der Waals surface area contributed by atoms with Gasteiger partial charge in [-0.15, -0.1) is 0 Å². The highest BCUT2D eigenvalue weighted by Gasteiger charge is 2.12. The Bertz CT molecular complexity index is 841. The van der Waals surface area contributed by atoms with Crippen LogP contribution in [0.5, 0.6) is 0 Å². The molecule has 0 aliphatic rings. The summed E-state index contributed by atoms with van der Waals surface area (Å²) < 4.78 is 3.55. The molecule has 3 aromatic rings. The molecule has 2 aromatic carbocycles. The third-order valence-corrected chi connectivity index (χ3v) is 4.57. The molecule has 0 radical (unpaired) electrons. The van der Waals surface area contributed by atoms with Crippen LogP contribution in [0.25, 0.3) is 11.4 Å². The molecule has 1 aromatic heterocycles. The second-order valence-electron chi connectivity index (χ2n) is 4.51. The quantitative estimate of drug-likeness (QED) is 0.643.